The number of rotatable bonds is 6. The Labute approximate surface area is 177 Å². The molecule has 0 aliphatic rings. The number of amides is 1. The zero-order valence-electron chi connectivity index (χ0n) is 17.6. The molecule has 1 amide bonds. The predicted molar refractivity (Wildman–Crippen MR) is 122 cm³/mol. The summed E-state index contributed by atoms with van der Waals surface area (Å²) in [5, 5.41) is 1.21. The van der Waals surface area contributed by atoms with Gasteiger partial charge in [-0.1, -0.05) is 48.5 Å². The first-order valence-electron chi connectivity index (χ1n) is 10.2. The van der Waals surface area contributed by atoms with Crippen LogP contribution in [0.2, 0.25) is 0 Å². The van der Waals surface area contributed by atoms with E-state index in [2.05, 4.69) is 66.1 Å². The van der Waals surface area contributed by atoms with Crippen LogP contribution in [-0.4, -0.2) is 17.5 Å². The first-order valence-corrected chi connectivity index (χ1v) is 10.2. The quantitative estimate of drug-likeness (QED) is 0.411. The smallest absolute Gasteiger partial charge is 0.223 e. The van der Waals surface area contributed by atoms with E-state index in [9.17, 15) is 4.79 Å². The van der Waals surface area contributed by atoms with Gasteiger partial charge < -0.3 is 14.2 Å². The minimum Gasteiger partial charge on any atom is -0.487 e. The molecule has 4 rings (SSSR count). The lowest BCUT2D eigenvalue weighted by atomic mass is 10.1. The van der Waals surface area contributed by atoms with Crippen LogP contribution in [0.25, 0.3) is 10.9 Å². The number of para-hydroxylation sites is 1. The number of hydrogen-bond donors (Lipinski definition) is 0. The third-order valence-corrected chi connectivity index (χ3v) is 5.58. The van der Waals surface area contributed by atoms with E-state index in [0.717, 1.165) is 17.1 Å². The molecule has 0 N–H and O–H groups in total. The van der Waals surface area contributed by atoms with Crippen molar-refractivity contribution in [2.45, 2.75) is 26.5 Å². The molecule has 0 aliphatic heterocycles. The van der Waals surface area contributed by atoms with Gasteiger partial charge in [-0.2, -0.15) is 0 Å². The molecule has 1 unspecified atom stereocenters. The molecule has 0 saturated carbocycles. The molecule has 0 aliphatic carbocycles. The SMILES string of the molecule is CC(=O)N(C)c1ccc(OCc2cc3ccccc3n2C(C)c2ccccc2)cc1. The predicted octanol–water partition coefficient (Wildman–Crippen LogP) is 5.81. The molecular weight excluding hydrogens is 372 g/mol. The summed E-state index contributed by atoms with van der Waals surface area (Å²) < 4.78 is 8.47. The molecular formula is C26H26N2O2. The average molecular weight is 399 g/mol. The molecule has 1 heterocycles. The number of benzene rings is 3. The number of carbonyl (C=O) groups excluding carboxylic acids is 1. The van der Waals surface area contributed by atoms with Gasteiger partial charge in [-0.05, 0) is 48.9 Å². The van der Waals surface area contributed by atoms with E-state index >= 15 is 0 Å². The van der Waals surface area contributed by atoms with Crippen molar-refractivity contribution in [1.82, 2.24) is 4.57 Å². The maximum absolute atomic E-state index is 11.5. The molecule has 3 aromatic carbocycles. The third kappa shape index (κ3) is 3.94. The van der Waals surface area contributed by atoms with Gasteiger partial charge in [-0.15, -0.1) is 0 Å². The van der Waals surface area contributed by atoms with E-state index < -0.39 is 0 Å². The molecule has 4 nitrogen and oxygen atoms in total. The van der Waals surface area contributed by atoms with E-state index in [1.807, 2.05) is 30.3 Å². The fraction of sp³-hybridized carbons (Fsp3) is 0.192. The number of fused-ring (bicyclic) bond motifs is 1. The van der Waals surface area contributed by atoms with Crippen LogP contribution < -0.4 is 9.64 Å². The van der Waals surface area contributed by atoms with Crippen LogP contribution in [-0.2, 0) is 11.4 Å². The zero-order chi connectivity index (χ0) is 21.1. The molecule has 152 valence electrons. The lowest BCUT2D eigenvalue weighted by Gasteiger charge is -2.20. The van der Waals surface area contributed by atoms with Gasteiger partial charge in [0.05, 0.1) is 11.7 Å². The van der Waals surface area contributed by atoms with Crippen LogP contribution in [0.1, 0.15) is 31.1 Å². The molecule has 4 heteroatoms. The molecule has 0 spiro atoms. The molecule has 0 fully saturated rings. The van der Waals surface area contributed by atoms with Crippen molar-refractivity contribution >= 4 is 22.5 Å². The monoisotopic (exact) mass is 398 g/mol. The van der Waals surface area contributed by atoms with Crippen molar-refractivity contribution in [2.24, 2.45) is 0 Å². The second-order valence-corrected chi connectivity index (χ2v) is 7.51. The van der Waals surface area contributed by atoms with Gasteiger partial charge in [0, 0.05) is 30.6 Å². The lowest BCUT2D eigenvalue weighted by Crippen LogP contribution is -2.22. The van der Waals surface area contributed by atoms with E-state index in [-0.39, 0.29) is 11.9 Å². The van der Waals surface area contributed by atoms with Crippen molar-refractivity contribution in [3.8, 4) is 5.75 Å². The Morgan fingerprint density at radius 2 is 1.63 bits per heavy atom. The first-order chi connectivity index (χ1) is 14.5. The van der Waals surface area contributed by atoms with Crippen LogP contribution in [0.15, 0.2) is 84.9 Å². The second-order valence-electron chi connectivity index (χ2n) is 7.51. The Morgan fingerprint density at radius 1 is 0.967 bits per heavy atom. The Balaban J connectivity index is 1.61. The summed E-state index contributed by atoms with van der Waals surface area (Å²) in [4.78, 5) is 13.1. The summed E-state index contributed by atoms with van der Waals surface area (Å²) in [6, 6.07) is 29.0. The van der Waals surface area contributed by atoms with Gasteiger partial charge in [0.15, 0.2) is 0 Å². The van der Waals surface area contributed by atoms with Crippen LogP contribution in [0.4, 0.5) is 5.69 Å². The fourth-order valence-electron chi connectivity index (χ4n) is 3.79. The third-order valence-electron chi connectivity index (χ3n) is 5.58. The first kappa shape index (κ1) is 19.8. The Hall–Kier alpha value is -3.53. The number of anilines is 1. The van der Waals surface area contributed by atoms with E-state index in [0.29, 0.717) is 6.61 Å². The van der Waals surface area contributed by atoms with Crippen LogP contribution in [0.5, 0.6) is 5.75 Å². The van der Waals surface area contributed by atoms with Gasteiger partial charge in [0.2, 0.25) is 5.91 Å². The minimum atomic E-state index is 0.00286. The Kier molecular flexibility index (Phi) is 5.57. The maximum Gasteiger partial charge on any atom is 0.223 e. The van der Waals surface area contributed by atoms with Crippen LogP contribution in [0.3, 0.4) is 0 Å². The Bertz CT molecular complexity index is 1150. The number of nitrogens with zero attached hydrogens (tertiary/aromatic N) is 2. The summed E-state index contributed by atoms with van der Waals surface area (Å²) in [6.07, 6.45) is 0. The summed E-state index contributed by atoms with van der Waals surface area (Å²) in [5.74, 6) is 0.781. The molecule has 1 atom stereocenters. The zero-order valence-corrected chi connectivity index (χ0v) is 17.6. The standard InChI is InChI=1S/C26H26N2O2/c1-19(21-9-5-4-6-10-21)28-24(17-22-11-7-8-12-26(22)28)18-30-25-15-13-23(14-16-25)27(3)20(2)29/h4-17,19H,18H2,1-3H3. The van der Waals surface area contributed by atoms with Gasteiger partial charge in [0.1, 0.15) is 12.4 Å². The lowest BCUT2D eigenvalue weighted by molar-refractivity contribution is -0.116. The van der Waals surface area contributed by atoms with Crippen molar-refractivity contribution in [2.75, 3.05) is 11.9 Å². The number of carbonyl (C=O) groups is 1. The largest absolute Gasteiger partial charge is 0.487 e. The van der Waals surface area contributed by atoms with Crippen molar-refractivity contribution in [3.63, 3.8) is 0 Å². The summed E-state index contributed by atoms with van der Waals surface area (Å²) in [7, 11) is 1.77. The van der Waals surface area contributed by atoms with Crippen LogP contribution >= 0.6 is 0 Å². The van der Waals surface area contributed by atoms with Crippen LogP contribution in [0, 0.1) is 0 Å². The van der Waals surface area contributed by atoms with Gasteiger partial charge in [-0.25, -0.2) is 0 Å². The van der Waals surface area contributed by atoms with Gasteiger partial charge in [-0.3, -0.25) is 4.79 Å². The topological polar surface area (TPSA) is 34.5 Å². The molecule has 0 saturated heterocycles. The normalized spacial score (nSPS) is 12.0. The van der Waals surface area contributed by atoms with E-state index in [1.165, 1.54) is 16.5 Å². The summed E-state index contributed by atoms with van der Waals surface area (Å²) >= 11 is 0. The fourth-order valence-corrected chi connectivity index (χ4v) is 3.79. The summed E-state index contributed by atoms with van der Waals surface area (Å²) in [5.41, 5.74) is 4.43. The molecule has 0 bridgehead atoms. The average Bonchev–Trinajstić information content (AvgIpc) is 3.16. The van der Waals surface area contributed by atoms with Crippen molar-refractivity contribution < 1.29 is 9.53 Å². The second kappa shape index (κ2) is 8.46. The summed E-state index contributed by atoms with van der Waals surface area (Å²) in [6.45, 7) is 4.24. The van der Waals surface area contributed by atoms with E-state index in [4.69, 9.17) is 4.74 Å². The minimum absolute atomic E-state index is 0.00286. The number of ether oxygens (including phenoxy) is 1. The molecule has 4 aromatic rings. The van der Waals surface area contributed by atoms with Crippen molar-refractivity contribution in [3.05, 3.63) is 96.2 Å². The molecule has 30 heavy (non-hydrogen) atoms. The van der Waals surface area contributed by atoms with Crippen molar-refractivity contribution in [1.29, 1.82) is 0 Å². The highest BCUT2D eigenvalue weighted by atomic mass is 16.5. The highest BCUT2D eigenvalue weighted by Gasteiger charge is 2.16. The van der Waals surface area contributed by atoms with Gasteiger partial charge in [0.25, 0.3) is 0 Å². The highest BCUT2D eigenvalue weighted by Crippen LogP contribution is 2.29. The maximum atomic E-state index is 11.5. The van der Waals surface area contributed by atoms with Gasteiger partial charge >= 0.3 is 0 Å². The molecule has 1 aromatic heterocycles. The number of hydrogen-bond acceptors (Lipinski definition) is 2. The van der Waals surface area contributed by atoms with E-state index in [1.54, 1.807) is 18.9 Å². The number of aromatic nitrogens is 1. The molecule has 0 radical (unpaired) electrons. The highest BCUT2D eigenvalue weighted by molar-refractivity contribution is 5.90. The Morgan fingerprint density at radius 3 is 2.33 bits per heavy atom.